The second-order valence-electron chi connectivity index (χ2n) is 9.45. The van der Waals surface area contributed by atoms with Crippen LogP contribution in [-0.2, 0) is 18.4 Å². The van der Waals surface area contributed by atoms with Crippen molar-refractivity contribution in [2.45, 2.75) is 24.2 Å². The Morgan fingerprint density at radius 3 is 2.45 bits per heavy atom. The molecule has 1 N–H and O–H groups in total. The van der Waals surface area contributed by atoms with E-state index in [0.29, 0.717) is 28.7 Å². The summed E-state index contributed by atoms with van der Waals surface area (Å²) in [5, 5.41) is 17.9. The molecule has 1 aliphatic heterocycles. The molecule has 0 fully saturated rings. The molecule has 10 nitrogen and oxygen atoms in total. The van der Waals surface area contributed by atoms with E-state index in [4.69, 9.17) is 9.47 Å². The van der Waals surface area contributed by atoms with Gasteiger partial charge in [0.05, 0.1) is 38.3 Å². The minimum atomic E-state index is -0.377. The Kier molecular flexibility index (Phi) is 8.82. The normalized spacial score (nSPS) is 14.4. The van der Waals surface area contributed by atoms with Gasteiger partial charge in [0, 0.05) is 19.0 Å². The van der Waals surface area contributed by atoms with E-state index in [9.17, 15) is 14.0 Å². The summed E-state index contributed by atoms with van der Waals surface area (Å²) in [6.07, 6.45) is 0.482. The Labute approximate surface area is 246 Å². The topological polar surface area (TPSA) is 111 Å². The molecule has 0 spiro atoms. The number of nitrogens with one attached hydrogen (secondary N) is 1. The first-order chi connectivity index (χ1) is 20.4. The summed E-state index contributed by atoms with van der Waals surface area (Å²) in [7, 11) is 4.92. The third-order valence-corrected chi connectivity index (χ3v) is 7.84. The molecule has 0 saturated carbocycles. The standard InChI is InChI=1S/C30H29FN6O4S/c1-36-27(17-32-29(39)21-5-4-6-24(15-21)41-3)33-34-30(36)42-18-28(38)37-26(20-7-11-22(31)12-8-20)16-25(35-37)19-9-13-23(40-2)14-10-19/h4-15,26H,16-18H2,1-3H3,(H,32,39). The average molecular weight is 589 g/mol. The van der Waals surface area contributed by atoms with E-state index in [0.717, 1.165) is 22.6 Å². The first kappa shape index (κ1) is 28.8. The molecule has 12 heteroatoms. The van der Waals surface area contributed by atoms with Gasteiger partial charge in [-0.3, -0.25) is 9.59 Å². The van der Waals surface area contributed by atoms with Gasteiger partial charge in [-0.1, -0.05) is 30.0 Å². The van der Waals surface area contributed by atoms with E-state index in [1.54, 1.807) is 62.2 Å². The summed E-state index contributed by atoms with van der Waals surface area (Å²) in [5.41, 5.74) is 2.88. The maximum atomic E-state index is 13.6. The number of carbonyl (C=O) groups is 2. The van der Waals surface area contributed by atoms with Crippen molar-refractivity contribution in [2.24, 2.45) is 12.1 Å². The van der Waals surface area contributed by atoms with Gasteiger partial charge in [0.15, 0.2) is 11.0 Å². The molecule has 1 aliphatic rings. The molecule has 2 amide bonds. The summed E-state index contributed by atoms with van der Waals surface area (Å²) in [4.78, 5) is 26.0. The average Bonchev–Trinajstić information content (AvgIpc) is 3.63. The lowest BCUT2D eigenvalue weighted by atomic mass is 9.98. The highest BCUT2D eigenvalue weighted by Crippen LogP contribution is 2.34. The summed E-state index contributed by atoms with van der Waals surface area (Å²) in [6, 6.07) is 20.1. The fourth-order valence-corrected chi connectivity index (χ4v) is 5.27. The van der Waals surface area contributed by atoms with Gasteiger partial charge in [0.2, 0.25) is 0 Å². The Bertz CT molecular complexity index is 1610. The molecular formula is C30H29FN6O4S. The molecule has 2 heterocycles. The van der Waals surface area contributed by atoms with Crippen LogP contribution in [-0.4, -0.2) is 57.3 Å². The molecule has 4 aromatic rings. The van der Waals surface area contributed by atoms with E-state index in [1.165, 1.54) is 28.9 Å². The van der Waals surface area contributed by atoms with Crippen molar-refractivity contribution in [3.63, 3.8) is 0 Å². The highest BCUT2D eigenvalue weighted by molar-refractivity contribution is 7.99. The molecule has 5 rings (SSSR count). The number of carbonyl (C=O) groups excluding carboxylic acids is 2. The van der Waals surface area contributed by atoms with E-state index in [-0.39, 0.29) is 36.0 Å². The van der Waals surface area contributed by atoms with Crippen LogP contribution < -0.4 is 14.8 Å². The lowest BCUT2D eigenvalue weighted by molar-refractivity contribution is -0.130. The highest BCUT2D eigenvalue weighted by atomic mass is 32.2. The number of methoxy groups -OCH3 is 2. The van der Waals surface area contributed by atoms with Crippen molar-refractivity contribution in [3.05, 3.63) is 101 Å². The number of halogens is 1. The fourth-order valence-electron chi connectivity index (χ4n) is 4.49. The lowest BCUT2D eigenvalue weighted by Gasteiger charge is -2.22. The molecule has 0 radical (unpaired) electrons. The monoisotopic (exact) mass is 588 g/mol. The number of hydrazone groups is 1. The van der Waals surface area contributed by atoms with Crippen LogP contribution in [0.2, 0.25) is 0 Å². The fraction of sp³-hybridized carbons (Fsp3) is 0.233. The van der Waals surface area contributed by atoms with Gasteiger partial charge in [-0.2, -0.15) is 5.10 Å². The van der Waals surface area contributed by atoms with Gasteiger partial charge in [-0.25, -0.2) is 9.40 Å². The second-order valence-corrected chi connectivity index (χ2v) is 10.4. The van der Waals surface area contributed by atoms with Crippen molar-refractivity contribution < 1.29 is 23.5 Å². The zero-order chi connectivity index (χ0) is 29.6. The minimum Gasteiger partial charge on any atom is -0.497 e. The van der Waals surface area contributed by atoms with Gasteiger partial charge in [0.1, 0.15) is 17.3 Å². The number of amides is 2. The number of benzene rings is 3. The molecule has 1 atom stereocenters. The number of ether oxygens (including phenoxy) is 2. The van der Waals surface area contributed by atoms with Crippen LogP contribution in [0.5, 0.6) is 11.5 Å². The summed E-state index contributed by atoms with van der Waals surface area (Å²) in [5.74, 6) is 1.05. The highest BCUT2D eigenvalue weighted by Gasteiger charge is 2.33. The molecule has 0 saturated heterocycles. The van der Waals surface area contributed by atoms with E-state index < -0.39 is 0 Å². The van der Waals surface area contributed by atoms with Crippen molar-refractivity contribution in [2.75, 3.05) is 20.0 Å². The van der Waals surface area contributed by atoms with Gasteiger partial charge in [-0.15, -0.1) is 10.2 Å². The van der Waals surface area contributed by atoms with Gasteiger partial charge in [0.25, 0.3) is 11.8 Å². The van der Waals surface area contributed by atoms with Crippen LogP contribution in [0, 0.1) is 5.82 Å². The predicted molar refractivity (Wildman–Crippen MR) is 156 cm³/mol. The Morgan fingerprint density at radius 2 is 1.74 bits per heavy atom. The molecule has 3 aromatic carbocycles. The molecule has 216 valence electrons. The van der Waals surface area contributed by atoms with Gasteiger partial charge >= 0.3 is 0 Å². The van der Waals surface area contributed by atoms with Crippen LogP contribution in [0.4, 0.5) is 4.39 Å². The molecule has 42 heavy (non-hydrogen) atoms. The zero-order valence-corrected chi connectivity index (χ0v) is 24.1. The first-order valence-corrected chi connectivity index (χ1v) is 14.1. The molecule has 1 unspecified atom stereocenters. The van der Waals surface area contributed by atoms with Crippen molar-refractivity contribution >= 4 is 29.3 Å². The van der Waals surface area contributed by atoms with Crippen LogP contribution in [0.25, 0.3) is 0 Å². The molecule has 1 aromatic heterocycles. The first-order valence-electron chi connectivity index (χ1n) is 13.1. The summed E-state index contributed by atoms with van der Waals surface area (Å²) in [6.45, 7) is 0.155. The number of rotatable bonds is 10. The van der Waals surface area contributed by atoms with Gasteiger partial charge < -0.3 is 19.4 Å². The summed E-state index contributed by atoms with van der Waals surface area (Å²) >= 11 is 1.22. The molecule has 0 aliphatic carbocycles. The SMILES string of the molecule is COc1ccc(C2=NN(C(=O)CSc3nnc(CNC(=O)c4cccc(OC)c4)n3C)C(c3ccc(F)cc3)C2)cc1. The Hall–Kier alpha value is -4.71. The number of nitrogens with zero attached hydrogens (tertiary/aromatic N) is 5. The van der Waals surface area contributed by atoms with Gasteiger partial charge in [-0.05, 0) is 65.7 Å². The number of hydrogen-bond acceptors (Lipinski definition) is 8. The quantitative estimate of drug-likeness (QED) is 0.274. The maximum absolute atomic E-state index is 13.6. The van der Waals surface area contributed by atoms with E-state index in [2.05, 4.69) is 20.6 Å². The van der Waals surface area contributed by atoms with E-state index in [1.807, 2.05) is 24.3 Å². The van der Waals surface area contributed by atoms with Crippen molar-refractivity contribution in [1.82, 2.24) is 25.1 Å². The predicted octanol–water partition coefficient (Wildman–Crippen LogP) is 4.37. The third kappa shape index (κ3) is 6.44. The second kappa shape index (κ2) is 12.9. The maximum Gasteiger partial charge on any atom is 0.253 e. The van der Waals surface area contributed by atoms with Crippen molar-refractivity contribution in [3.8, 4) is 11.5 Å². The smallest absolute Gasteiger partial charge is 0.253 e. The molecular weight excluding hydrogens is 559 g/mol. The Morgan fingerprint density at radius 1 is 1.00 bits per heavy atom. The van der Waals surface area contributed by atoms with Crippen molar-refractivity contribution in [1.29, 1.82) is 0 Å². The molecule has 0 bridgehead atoms. The lowest BCUT2D eigenvalue weighted by Crippen LogP contribution is -2.28. The zero-order valence-electron chi connectivity index (χ0n) is 23.3. The number of aromatic nitrogens is 3. The van der Waals surface area contributed by atoms with Crippen LogP contribution in [0.15, 0.2) is 83.1 Å². The van der Waals surface area contributed by atoms with Crippen LogP contribution >= 0.6 is 11.8 Å². The Balaban J connectivity index is 1.26. The van der Waals surface area contributed by atoms with Crippen LogP contribution in [0.1, 0.15) is 39.8 Å². The largest absolute Gasteiger partial charge is 0.497 e. The third-order valence-electron chi connectivity index (χ3n) is 6.83. The summed E-state index contributed by atoms with van der Waals surface area (Å²) < 4.78 is 25.8. The number of hydrogen-bond donors (Lipinski definition) is 1. The van der Waals surface area contributed by atoms with E-state index >= 15 is 0 Å². The van der Waals surface area contributed by atoms with Crippen LogP contribution in [0.3, 0.4) is 0 Å². The minimum absolute atomic E-state index is 0.0548. The number of thioether (sulfide) groups is 1.